The molecule has 1 aromatic heterocycles. The number of halogens is 1. The van der Waals surface area contributed by atoms with Crippen LogP contribution in [-0.2, 0) is 0 Å². The molecule has 5 rings (SSSR count). The smallest absolute Gasteiger partial charge is 0.191 e. The minimum Gasteiger partial charge on any atom is -0.354 e. The van der Waals surface area contributed by atoms with Crippen LogP contribution in [0.2, 0.25) is 0 Å². The molecule has 3 aliphatic rings. The number of nitrogens with zero attached hydrogens (tertiary/aromatic N) is 6. The van der Waals surface area contributed by atoms with Crippen LogP contribution < -0.4 is 10.2 Å². The van der Waals surface area contributed by atoms with Gasteiger partial charge in [0.15, 0.2) is 5.13 Å². The van der Waals surface area contributed by atoms with Crippen molar-refractivity contribution in [3.63, 3.8) is 0 Å². The Morgan fingerprint density at radius 1 is 1.22 bits per heavy atom. The molecule has 0 amide bonds. The number of rotatable bonds is 5. The molecule has 36 heavy (non-hydrogen) atoms. The summed E-state index contributed by atoms with van der Waals surface area (Å²) in [6.07, 6.45) is 6.05. The molecule has 1 atom stereocenters. The van der Waals surface area contributed by atoms with E-state index in [1.54, 1.807) is 12.1 Å². The van der Waals surface area contributed by atoms with Crippen molar-refractivity contribution in [1.29, 1.82) is 5.26 Å². The average molecular weight is 504 g/mol. The van der Waals surface area contributed by atoms with Gasteiger partial charge < -0.3 is 15.1 Å². The third-order valence-corrected chi connectivity index (χ3v) is 7.74. The Bertz CT molecular complexity index is 1280. The van der Waals surface area contributed by atoms with Gasteiger partial charge in [-0.05, 0) is 50.1 Å². The Labute approximate surface area is 215 Å². The van der Waals surface area contributed by atoms with E-state index in [0.29, 0.717) is 17.1 Å². The Kier molecular flexibility index (Phi) is 7.25. The van der Waals surface area contributed by atoms with Crippen LogP contribution in [0.3, 0.4) is 0 Å². The highest BCUT2D eigenvalue weighted by Gasteiger charge is 2.32. The number of anilines is 1. The second kappa shape index (κ2) is 10.7. The number of hydrogen-bond acceptors (Lipinski definition) is 8. The van der Waals surface area contributed by atoms with Gasteiger partial charge in [-0.3, -0.25) is 4.99 Å². The summed E-state index contributed by atoms with van der Waals surface area (Å²) in [5.74, 6) is 0.892. The molecule has 1 unspecified atom stereocenters. The largest absolute Gasteiger partial charge is 0.354 e. The molecule has 2 aromatic rings. The molecule has 0 radical (unpaired) electrons. The van der Waals surface area contributed by atoms with E-state index in [1.165, 1.54) is 23.5 Å². The summed E-state index contributed by atoms with van der Waals surface area (Å²) in [4.78, 5) is 20.1. The van der Waals surface area contributed by atoms with Crippen LogP contribution in [-0.4, -0.2) is 60.7 Å². The molecule has 1 fully saturated rings. The van der Waals surface area contributed by atoms with Gasteiger partial charge >= 0.3 is 0 Å². The lowest BCUT2D eigenvalue weighted by molar-refractivity contribution is 0.358. The topological polar surface area (TPSA) is 79.9 Å². The fourth-order valence-corrected chi connectivity index (χ4v) is 5.84. The molecule has 0 saturated carbocycles. The van der Waals surface area contributed by atoms with E-state index in [2.05, 4.69) is 47.2 Å². The summed E-state index contributed by atoms with van der Waals surface area (Å²) in [6, 6.07) is 8.43. The van der Waals surface area contributed by atoms with Gasteiger partial charge in [0, 0.05) is 50.7 Å². The summed E-state index contributed by atoms with van der Waals surface area (Å²) >= 11 is 1.36. The van der Waals surface area contributed by atoms with Crippen LogP contribution >= 0.6 is 11.3 Å². The maximum absolute atomic E-state index is 13.5. The number of piperazine rings is 1. The van der Waals surface area contributed by atoms with E-state index in [0.717, 1.165) is 79.2 Å². The van der Waals surface area contributed by atoms with Crippen LogP contribution in [0.15, 0.2) is 57.8 Å². The lowest BCUT2D eigenvalue weighted by atomic mass is 9.94. The summed E-state index contributed by atoms with van der Waals surface area (Å²) in [5, 5.41) is 14.0. The molecule has 9 heteroatoms. The number of nitriles is 1. The fourth-order valence-electron chi connectivity index (χ4n) is 4.89. The highest BCUT2D eigenvalue weighted by molar-refractivity contribution is 7.16. The highest BCUT2D eigenvalue weighted by Crippen LogP contribution is 2.38. The van der Waals surface area contributed by atoms with Gasteiger partial charge in [-0.25, -0.2) is 14.4 Å². The average Bonchev–Trinajstić information content (AvgIpc) is 3.22. The molecule has 3 aliphatic heterocycles. The molecule has 186 valence electrons. The molecule has 1 aromatic carbocycles. The predicted molar refractivity (Wildman–Crippen MR) is 144 cm³/mol. The summed E-state index contributed by atoms with van der Waals surface area (Å²) in [5.41, 5.74) is 4.39. The third-order valence-electron chi connectivity index (χ3n) is 6.76. The quantitative estimate of drug-likeness (QED) is 0.645. The number of nitrogens with one attached hydrogen (secondary N) is 1. The van der Waals surface area contributed by atoms with E-state index in [-0.39, 0.29) is 11.7 Å². The molecule has 0 bridgehead atoms. The Morgan fingerprint density at radius 2 is 2.00 bits per heavy atom. The third kappa shape index (κ3) is 4.71. The molecular weight excluding hydrogens is 473 g/mol. The van der Waals surface area contributed by atoms with E-state index >= 15 is 0 Å². The summed E-state index contributed by atoms with van der Waals surface area (Å²) < 4.78 is 13.5. The predicted octanol–water partition coefficient (Wildman–Crippen LogP) is 4.60. The first-order valence-corrected chi connectivity index (χ1v) is 13.4. The van der Waals surface area contributed by atoms with E-state index in [9.17, 15) is 9.65 Å². The number of fused-ring (bicyclic) bond motifs is 1. The van der Waals surface area contributed by atoms with Gasteiger partial charge in [0.1, 0.15) is 28.3 Å². The van der Waals surface area contributed by atoms with Gasteiger partial charge in [-0.1, -0.05) is 24.3 Å². The standard InChI is InChI=1S/C27H30FN7S/c1-3-21-26(25-19(17-31-21)6-5-7-23(32-25)34-14-12-30-13-15-34)35(4-2)27-33-24(22(16-29)36-27)18-8-10-20(28)11-9-18/h5,7-11,19,30H,3-4,6,12-15,17H2,1-2H3. The van der Waals surface area contributed by atoms with E-state index in [1.807, 2.05) is 0 Å². The number of allylic oxidation sites excluding steroid dienone is 2. The first kappa shape index (κ1) is 24.3. The molecule has 0 aliphatic carbocycles. The molecule has 0 spiro atoms. The van der Waals surface area contributed by atoms with Crippen molar-refractivity contribution in [2.24, 2.45) is 15.9 Å². The zero-order chi connectivity index (χ0) is 25.1. The Balaban J connectivity index is 1.61. The number of benzene rings is 1. The number of aliphatic imine (C=N–C) groups is 2. The maximum Gasteiger partial charge on any atom is 0.191 e. The van der Waals surface area contributed by atoms with Crippen molar-refractivity contribution in [2.45, 2.75) is 26.7 Å². The molecular formula is C27H30FN7S. The summed E-state index contributed by atoms with van der Waals surface area (Å²) in [6.45, 7) is 9.37. The maximum atomic E-state index is 13.5. The molecule has 4 heterocycles. The van der Waals surface area contributed by atoms with Gasteiger partial charge in [-0.15, -0.1) is 0 Å². The van der Waals surface area contributed by atoms with Crippen molar-refractivity contribution in [3.05, 3.63) is 58.5 Å². The normalized spacial score (nSPS) is 19.8. The number of thiazole rings is 1. The minimum absolute atomic E-state index is 0.202. The number of aromatic nitrogens is 1. The van der Waals surface area contributed by atoms with Gasteiger partial charge in [0.25, 0.3) is 0 Å². The number of amidine groups is 1. The second-order valence-electron chi connectivity index (χ2n) is 8.95. The van der Waals surface area contributed by atoms with Gasteiger partial charge in [-0.2, -0.15) is 5.26 Å². The molecule has 1 saturated heterocycles. The van der Waals surface area contributed by atoms with Crippen molar-refractivity contribution >= 4 is 28.0 Å². The Hall–Kier alpha value is -3.35. The molecule has 1 N–H and O–H groups in total. The Morgan fingerprint density at radius 3 is 2.69 bits per heavy atom. The van der Waals surface area contributed by atoms with Crippen molar-refractivity contribution in [3.8, 4) is 17.3 Å². The molecule has 7 nitrogen and oxygen atoms in total. The van der Waals surface area contributed by atoms with Crippen LogP contribution in [0.1, 0.15) is 31.6 Å². The van der Waals surface area contributed by atoms with E-state index < -0.39 is 0 Å². The zero-order valence-electron chi connectivity index (χ0n) is 20.7. The van der Waals surface area contributed by atoms with Crippen LogP contribution in [0.4, 0.5) is 9.52 Å². The SMILES string of the molecule is CCC1=NCC2CC=CC(N3CCNCC3)=NC2=C1N(CC)c1nc(-c2ccc(F)cc2)c(C#N)s1. The fraction of sp³-hybridized carbons (Fsp3) is 0.407. The van der Waals surface area contributed by atoms with Crippen LogP contribution in [0, 0.1) is 23.1 Å². The lowest BCUT2D eigenvalue weighted by Crippen LogP contribution is -2.46. The minimum atomic E-state index is -0.313. The second-order valence-corrected chi connectivity index (χ2v) is 9.93. The van der Waals surface area contributed by atoms with Crippen LogP contribution in [0.25, 0.3) is 11.3 Å². The highest BCUT2D eigenvalue weighted by atomic mass is 32.1. The van der Waals surface area contributed by atoms with E-state index in [4.69, 9.17) is 15.0 Å². The lowest BCUT2D eigenvalue weighted by Gasteiger charge is -2.33. The van der Waals surface area contributed by atoms with Crippen LogP contribution in [0.5, 0.6) is 0 Å². The van der Waals surface area contributed by atoms with Crippen molar-refractivity contribution in [2.75, 3.05) is 44.2 Å². The summed E-state index contributed by atoms with van der Waals surface area (Å²) in [7, 11) is 0. The van der Waals surface area contributed by atoms with Crippen molar-refractivity contribution < 1.29 is 4.39 Å². The van der Waals surface area contributed by atoms with Crippen molar-refractivity contribution in [1.82, 2.24) is 15.2 Å². The monoisotopic (exact) mass is 503 g/mol. The van der Waals surface area contributed by atoms with Gasteiger partial charge in [0.2, 0.25) is 0 Å². The number of hydrogen-bond donors (Lipinski definition) is 1. The first-order chi connectivity index (χ1) is 17.6. The number of dihydropyridines is 1. The first-order valence-electron chi connectivity index (χ1n) is 12.6. The zero-order valence-corrected chi connectivity index (χ0v) is 21.5. The van der Waals surface area contributed by atoms with Gasteiger partial charge in [0.05, 0.1) is 17.1 Å².